The molecule has 3 rings (SSSR count). The van der Waals surface area contributed by atoms with Crippen LogP contribution >= 0.6 is 0 Å². The van der Waals surface area contributed by atoms with Crippen LogP contribution in [0.5, 0.6) is 0 Å². The third-order valence-electron chi connectivity index (χ3n) is 4.29. The van der Waals surface area contributed by atoms with E-state index in [1.165, 1.54) is 0 Å². The summed E-state index contributed by atoms with van der Waals surface area (Å²) in [6, 6.07) is 12.4. The number of rotatable bonds is 6. The van der Waals surface area contributed by atoms with E-state index >= 15 is 0 Å². The third-order valence-corrected chi connectivity index (χ3v) is 6.29. The lowest BCUT2D eigenvalue weighted by Crippen LogP contribution is -2.36. The highest BCUT2D eigenvalue weighted by Crippen LogP contribution is 2.23. The summed E-state index contributed by atoms with van der Waals surface area (Å²) >= 11 is 0. The molecule has 0 saturated carbocycles. The van der Waals surface area contributed by atoms with Gasteiger partial charge in [-0.1, -0.05) is 24.6 Å². The number of benzene rings is 1. The fourth-order valence-corrected chi connectivity index (χ4v) is 4.74. The lowest BCUT2D eigenvalue weighted by atomic mass is 10.2. The Morgan fingerprint density at radius 2 is 1.84 bits per heavy atom. The highest BCUT2D eigenvalue weighted by Gasteiger charge is 2.27. The first-order valence-corrected chi connectivity index (χ1v) is 9.83. The highest BCUT2D eigenvalue weighted by atomic mass is 32.2. The summed E-state index contributed by atoms with van der Waals surface area (Å²) in [6.45, 7) is 2.02. The van der Waals surface area contributed by atoms with Gasteiger partial charge < -0.3 is 9.73 Å². The molecule has 1 saturated heterocycles. The van der Waals surface area contributed by atoms with Crippen molar-refractivity contribution in [2.24, 2.45) is 0 Å². The minimum atomic E-state index is -3.46. The van der Waals surface area contributed by atoms with Gasteiger partial charge in [0.05, 0.1) is 11.4 Å². The molecule has 0 unspecified atom stereocenters. The van der Waals surface area contributed by atoms with Crippen molar-refractivity contribution < 1.29 is 12.8 Å². The number of hydrogen-bond acceptors (Lipinski definition) is 5. The average molecular weight is 359 g/mol. The Morgan fingerprint density at radius 3 is 2.56 bits per heavy atom. The van der Waals surface area contributed by atoms with Crippen LogP contribution in [0.25, 0.3) is 0 Å². The molecule has 2 aromatic rings. The van der Waals surface area contributed by atoms with Crippen LogP contribution in [-0.2, 0) is 23.1 Å². The van der Waals surface area contributed by atoms with E-state index in [2.05, 4.69) is 5.32 Å². The number of piperidine rings is 1. The van der Waals surface area contributed by atoms with Crippen molar-refractivity contribution in [1.29, 1.82) is 5.26 Å². The maximum Gasteiger partial charge on any atom is 0.243 e. The largest absolute Gasteiger partial charge is 0.449 e. The maximum atomic E-state index is 12.9. The number of nitriles is 1. The van der Waals surface area contributed by atoms with E-state index in [1.807, 2.05) is 18.2 Å². The third kappa shape index (κ3) is 4.10. The van der Waals surface area contributed by atoms with E-state index in [0.717, 1.165) is 24.8 Å². The number of hydrogen-bond donors (Lipinski definition) is 1. The Morgan fingerprint density at radius 1 is 1.08 bits per heavy atom. The molecule has 6 nitrogen and oxygen atoms in total. The summed E-state index contributed by atoms with van der Waals surface area (Å²) in [5, 5.41) is 12.0. The maximum absolute atomic E-state index is 12.9. The van der Waals surface area contributed by atoms with Crippen LogP contribution in [0.2, 0.25) is 0 Å². The lowest BCUT2D eigenvalue weighted by molar-refractivity contribution is 0.346. The smallest absolute Gasteiger partial charge is 0.243 e. The molecule has 0 bridgehead atoms. The van der Waals surface area contributed by atoms with Gasteiger partial charge in [-0.05, 0) is 36.6 Å². The molecule has 0 spiro atoms. The molecule has 1 aromatic carbocycles. The molecule has 1 aromatic heterocycles. The van der Waals surface area contributed by atoms with Crippen molar-refractivity contribution in [3.05, 3.63) is 53.5 Å². The molecule has 0 amide bonds. The number of furan rings is 1. The van der Waals surface area contributed by atoms with E-state index in [0.29, 0.717) is 36.8 Å². The standard InChI is InChI=1S/C18H21N3O3S/c19-12-16-8-9-17(24-16)14-20-13-15-6-2-3-7-18(15)25(22,23)21-10-4-1-5-11-21/h2-3,6-9,20H,1,4-5,10-11,13-14H2. The van der Waals surface area contributed by atoms with Crippen molar-refractivity contribution in [2.75, 3.05) is 13.1 Å². The van der Waals surface area contributed by atoms with Crippen molar-refractivity contribution in [2.45, 2.75) is 37.2 Å². The zero-order valence-electron chi connectivity index (χ0n) is 13.9. The van der Waals surface area contributed by atoms with Crippen molar-refractivity contribution in [1.82, 2.24) is 9.62 Å². The summed E-state index contributed by atoms with van der Waals surface area (Å²) < 4.78 is 32.8. The monoisotopic (exact) mass is 359 g/mol. The van der Waals surface area contributed by atoms with Crippen LogP contribution in [0.3, 0.4) is 0 Å². The van der Waals surface area contributed by atoms with Crippen molar-refractivity contribution >= 4 is 10.0 Å². The lowest BCUT2D eigenvalue weighted by Gasteiger charge is -2.26. The van der Waals surface area contributed by atoms with Crippen LogP contribution < -0.4 is 5.32 Å². The van der Waals surface area contributed by atoms with Gasteiger partial charge in [-0.15, -0.1) is 0 Å². The molecule has 1 fully saturated rings. The Bertz CT molecular complexity index is 862. The van der Waals surface area contributed by atoms with E-state index in [1.54, 1.807) is 28.6 Å². The fourth-order valence-electron chi connectivity index (χ4n) is 3.00. The first-order valence-electron chi connectivity index (χ1n) is 8.39. The molecule has 0 atom stereocenters. The van der Waals surface area contributed by atoms with Crippen LogP contribution in [0.15, 0.2) is 45.7 Å². The number of sulfonamides is 1. The quantitative estimate of drug-likeness (QED) is 0.857. The van der Waals surface area contributed by atoms with Crippen LogP contribution in [-0.4, -0.2) is 25.8 Å². The van der Waals surface area contributed by atoms with Crippen molar-refractivity contribution in [3.8, 4) is 6.07 Å². The minimum absolute atomic E-state index is 0.268. The summed E-state index contributed by atoms with van der Waals surface area (Å²) in [5.41, 5.74) is 0.736. The molecular formula is C18H21N3O3S. The van der Waals surface area contributed by atoms with Gasteiger partial charge in [0.15, 0.2) is 0 Å². The predicted octanol–water partition coefficient (Wildman–Crippen LogP) is 2.62. The minimum Gasteiger partial charge on any atom is -0.449 e. The van der Waals surface area contributed by atoms with Gasteiger partial charge in [0.25, 0.3) is 0 Å². The molecule has 0 radical (unpaired) electrons. The molecule has 1 aliphatic rings. The second-order valence-corrected chi connectivity index (χ2v) is 7.96. The Labute approximate surface area is 148 Å². The molecule has 0 aliphatic carbocycles. The first kappa shape index (κ1) is 17.7. The van der Waals surface area contributed by atoms with E-state index in [-0.39, 0.29) is 5.76 Å². The topological polar surface area (TPSA) is 86.3 Å². The Kier molecular flexibility index (Phi) is 5.53. The van der Waals surface area contributed by atoms with Crippen LogP contribution in [0.1, 0.15) is 36.3 Å². The first-order chi connectivity index (χ1) is 12.1. The van der Waals surface area contributed by atoms with Crippen LogP contribution in [0.4, 0.5) is 0 Å². The Balaban J connectivity index is 1.71. The van der Waals surface area contributed by atoms with Crippen molar-refractivity contribution in [3.63, 3.8) is 0 Å². The number of nitrogens with zero attached hydrogens (tertiary/aromatic N) is 2. The Hall–Kier alpha value is -2.14. The predicted molar refractivity (Wildman–Crippen MR) is 93.0 cm³/mol. The molecule has 7 heteroatoms. The molecule has 25 heavy (non-hydrogen) atoms. The molecule has 1 aliphatic heterocycles. The van der Waals surface area contributed by atoms with Gasteiger partial charge in [-0.2, -0.15) is 9.57 Å². The van der Waals surface area contributed by atoms with Gasteiger partial charge in [0.1, 0.15) is 11.8 Å². The SMILES string of the molecule is N#Cc1ccc(CNCc2ccccc2S(=O)(=O)N2CCCCC2)o1. The summed E-state index contributed by atoms with van der Waals surface area (Å²) in [7, 11) is -3.46. The molecule has 132 valence electrons. The van der Waals surface area contributed by atoms with Gasteiger partial charge in [0.2, 0.25) is 15.8 Å². The highest BCUT2D eigenvalue weighted by molar-refractivity contribution is 7.89. The normalized spacial score (nSPS) is 15.8. The summed E-state index contributed by atoms with van der Waals surface area (Å²) in [5.74, 6) is 0.915. The zero-order valence-corrected chi connectivity index (χ0v) is 14.8. The fraction of sp³-hybridized carbons (Fsp3) is 0.389. The summed E-state index contributed by atoms with van der Waals surface area (Å²) in [6.07, 6.45) is 2.92. The van der Waals surface area contributed by atoms with Gasteiger partial charge >= 0.3 is 0 Å². The molecule has 1 N–H and O–H groups in total. The molecular weight excluding hydrogens is 338 g/mol. The van der Waals surface area contributed by atoms with E-state index < -0.39 is 10.0 Å². The van der Waals surface area contributed by atoms with Gasteiger partial charge in [0, 0.05) is 19.6 Å². The van der Waals surface area contributed by atoms with Gasteiger partial charge in [-0.3, -0.25) is 0 Å². The van der Waals surface area contributed by atoms with E-state index in [9.17, 15) is 8.42 Å². The summed E-state index contributed by atoms with van der Waals surface area (Å²) in [4.78, 5) is 0.363. The van der Waals surface area contributed by atoms with Crippen LogP contribution in [0, 0.1) is 11.3 Å². The van der Waals surface area contributed by atoms with Gasteiger partial charge in [-0.25, -0.2) is 8.42 Å². The van der Waals surface area contributed by atoms with E-state index in [4.69, 9.17) is 9.68 Å². The molecule has 2 heterocycles. The second-order valence-electron chi connectivity index (χ2n) is 6.05. The zero-order chi connectivity index (χ0) is 17.7. The average Bonchev–Trinajstić information content (AvgIpc) is 3.11. The second kappa shape index (κ2) is 7.83. The number of nitrogens with one attached hydrogen (secondary N) is 1.